The molecule has 2 aromatic rings. The maximum Gasteiger partial charge on any atom is 0.171 e. The maximum atomic E-state index is 11.6. The molecule has 124 valence electrons. The van der Waals surface area contributed by atoms with Crippen LogP contribution in [0.15, 0.2) is 29.8 Å². The lowest BCUT2D eigenvalue weighted by atomic mass is 10.0. The Balaban J connectivity index is 1.88. The molecule has 1 aromatic carbocycles. The van der Waals surface area contributed by atoms with Gasteiger partial charge < -0.3 is 9.88 Å². The molecule has 1 saturated heterocycles. The number of sulfone groups is 1. The van der Waals surface area contributed by atoms with Crippen molar-refractivity contribution in [3.8, 4) is 0 Å². The molecule has 0 saturated carbocycles. The molecule has 0 amide bonds. The van der Waals surface area contributed by atoms with E-state index in [-0.39, 0.29) is 5.75 Å². The minimum absolute atomic E-state index is 0.134. The Bertz CT molecular complexity index is 821. The Labute approximate surface area is 138 Å². The number of fused-ring (bicyclic) bond motifs is 1. The van der Waals surface area contributed by atoms with Crippen molar-refractivity contribution in [3.05, 3.63) is 40.9 Å². The highest BCUT2D eigenvalue weighted by Gasteiger charge is 2.22. The summed E-state index contributed by atoms with van der Waals surface area (Å²) in [6.45, 7) is 2.83. The minimum atomic E-state index is -3.09. The normalized spacial score (nSPS) is 20.0. The lowest BCUT2D eigenvalue weighted by Gasteiger charge is -2.18. The van der Waals surface area contributed by atoms with Gasteiger partial charge in [-0.15, -0.1) is 0 Å². The highest BCUT2D eigenvalue weighted by Crippen LogP contribution is 2.26. The van der Waals surface area contributed by atoms with Crippen LogP contribution in [-0.4, -0.2) is 43.7 Å². The summed E-state index contributed by atoms with van der Waals surface area (Å²) in [7, 11) is -0.898. The molecule has 0 spiro atoms. The molecular weight excluding hydrogens is 308 g/mol. The van der Waals surface area contributed by atoms with E-state index < -0.39 is 9.84 Å². The van der Waals surface area contributed by atoms with E-state index in [0.717, 1.165) is 17.5 Å². The van der Waals surface area contributed by atoms with Gasteiger partial charge in [0.1, 0.15) is 0 Å². The molecule has 2 heterocycles. The van der Waals surface area contributed by atoms with Gasteiger partial charge >= 0.3 is 0 Å². The number of hydrogen-bond donors (Lipinski definition) is 1. The molecule has 0 bridgehead atoms. The highest BCUT2D eigenvalue weighted by molar-refractivity contribution is 7.94. The van der Waals surface area contributed by atoms with Crippen molar-refractivity contribution >= 4 is 26.8 Å². The third kappa shape index (κ3) is 3.67. The second kappa shape index (κ2) is 6.49. The van der Waals surface area contributed by atoms with E-state index in [4.69, 9.17) is 0 Å². The first-order chi connectivity index (χ1) is 11.0. The van der Waals surface area contributed by atoms with Crippen molar-refractivity contribution < 1.29 is 8.42 Å². The molecule has 4 nitrogen and oxygen atoms in total. The predicted octanol–water partition coefficient (Wildman–Crippen LogP) is 3.21. The van der Waals surface area contributed by atoms with Gasteiger partial charge in [0.2, 0.25) is 0 Å². The first-order valence-corrected chi connectivity index (χ1v) is 9.91. The fourth-order valence-electron chi connectivity index (χ4n) is 3.24. The molecule has 1 N–H and O–H groups in total. The molecule has 5 heteroatoms. The predicted molar refractivity (Wildman–Crippen MR) is 96.1 cm³/mol. The molecule has 23 heavy (non-hydrogen) atoms. The average molecular weight is 332 g/mol. The zero-order valence-electron chi connectivity index (χ0n) is 13.7. The number of likely N-dealkylation sites (N-methyl/N-ethyl adjacent to an activating group) is 1. The van der Waals surface area contributed by atoms with Crippen molar-refractivity contribution in [2.75, 3.05) is 19.3 Å². The molecule has 1 aromatic heterocycles. The number of likely N-dealkylation sites (tertiary alicyclic amines) is 1. The van der Waals surface area contributed by atoms with Crippen molar-refractivity contribution in [2.24, 2.45) is 0 Å². The van der Waals surface area contributed by atoms with Gasteiger partial charge in [-0.1, -0.05) is 13.0 Å². The first-order valence-electron chi connectivity index (χ1n) is 8.19. The molecule has 1 aliphatic heterocycles. The van der Waals surface area contributed by atoms with Crippen molar-refractivity contribution in [3.63, 3.8) is 0 Å². The van der Waals surface area contributed by atoms with E-state index in [9.17, 15) is 8.42 Å². The summed E-state index contributed by atoms with van der Waals surface area (Å²) >= 11 is 0. The molecule has 3 rings (SSSR count). The zero-order valence-corrected chi connectivity index (χ0v) is 14.6. The smallest absolute Gasteiger partial charge is 0.171 e. The van der Waals surface area contributed by atoms with Crippen LogP contribution in [-0.2, 0) is 16.3 Å². The van der Waals surface area contributed by atoms with Crippen LogP contribution in [0, 0.1) is 0 Å². The van der Waals surface area contributed by atoms with Gasteiger partial charge in [0.05, 0.1) is 5.75 Å². The van der Waals surface area contributed by atoms with E-state index in [1.807, 2.05) is 12.1 Å². The topological polar surface area (TPSA) is 53.2 Å². The lowest BCUT2D eigenvalue weighted by Crippen LogP contribution is -2.26. The quantitative estimate of drug-likeness (QED) is 0.915. The van der Waals surface area contributed by atoms with E-state index in [1.54, 1.807) is 13.0 Å². The number of aromatic amines is 1. The Kier molecular flexibility index (Phi) is 4.60. The standard InChI is InChI=1S/C18H24N2O2S/c1-3-23(21,22)10-8-14-6-7-18-17(11-14)15(13-19-18)12-16-5-4-9-20(16)2/h6-8,10-11,13,16,19H,3-5,9,12H2,1-2H3/b10-8+/t16-/m1/s1. The second-order valence-corrected chi connectivity index (χ2v) is 8.53. The van der Waals surface area contributed by atoms with Gasteiger partial charge in [0.15, 0.2) is 9.84 Å². The molecule has 0 unspecified atom stereocenters. The third-order valence-corrected chi connectivity index (χ3v) is 6.14. The van der Waals surface area contributed by atoms with E-state index >= 15 is 0 Å². The molecule has 1 atom stereocenters. The van der Waals surface area contributed by atoms with Crippen LogP contribution in [0.3, 0.4) is 0 Å². The average Bonchev–Trinajstić information content (AvgIpc) is 3.13. The Hall–Kier alpha value is -1.59. The van der Waals surface area contributed by atoms with Crippen LogP contribution in [0.25, 0.3) is 17.0 Å². The molecule has 1 fully saturated rings. The summed E-state index contributed by atoms with van der Waals surface area (Å²) in [6, 6.07) is 6.66. The summed E-state index contributed by atoms with van der Waals surface area (Å²) in [5.74, 6) is 0.134. The Morgan fingerprint density at radius 1 is 1.39 bits per heavy atom. The summed E-state index contributed by atoms with van der Waals surface area (Å²) in [4.78, 5) is 5.75. The molecular formula is C18H24N2O2S. The monoisotopic (exact) mass is 332 g/mol. The van der Waals surface area contributed by atoms with Crippen LogP contribution in [0.4, 0.5) is 0 Å². The number of aromatic nitrogens is 1. The molecule has 1 aliphatic rings. The Morgan fingerprint density at radius 2 is 2.22 bits per heavy atom. The SMILES string of the molecule is CCS(=O)(=O)/C=C/c1ccc2[nH]cc(C[C@H]3CCCN3C)c2c1. The van der Waals surface area contributed by atoms with Crippen LogP contribution in [0.5, 0.6) is 0 Å². The number of H-pyrrole nitrogens is 1. The number of hydrogen-bond acceptors (Lipinski definition) is 3. The molecule has 0 aliphatic carbocycles. The minimum Gasteiger partial charge on any atom is -0.361 e. The van der Waals surface area contributed by atoms with Gasteiger partial charge in [-0.05, 0) is 62.2 Å². The van der Waals surface area contributed by atoms with Crippen LogP contribution < -0.4 is 0 Å². The number of nitrogens with zero attached hydrogens (tertiary/aromatic N) is 1. The van der Waals surface area contributed by atoms with Crippen molar-refractivity contribution in [1.29, 1.82) is 0 Å². The van der Waals surface area contributed by atoms with Gasteiger partial charge in [0, 0.05) is 28.5 Å². The van der Waals surface area contributed by atoms with Gasteiger partial charge in [-0.2, -0.15) is 0 Å². The van der Waals surface area contributed by atoms with Crippen LogP contribution in [0.1, 0.15) is 30.9 Å². The van der Waals surface area contributed by atoms with Gasteiger partial charge in [0.25, 0.3) is 0 Å². The fraction of sp³-hybridized carbons (Fsp3) is 0.444. The maximum absolute atomic E-state index is 11.6. The fourth-order valence-corrected chi connectivity index (χ4v) is 3.79. The summed E-state index contributed by atoms with van der Waals surface area (Å²) in [5, 5.41) is 2.51. The number of rotatable bonds is 5. The third-order valence-electron chi connectivity index (χ3n) is 4.79. The summed E-state index contributed by atoms with van der Waals surface area (Å²) in [5.41, 5.74) is 3.35. The van der Waals surface area contributed by atoms with Crippen molar-refractivity contribution in [2.45, 2.75) is 32.2 Å². The van der Waals surface area contributed by atoms with Crippen LogP contribution in [0.2, 0.25) is 0 Å². The van der Waals surface area contributed by atoms with E-state index in [2.05, 4.69) is 29.2 Å². The summed E-state index contributed by atoms with van der Waals surface area (Å²) < 4.78 is 23.2. The summed E-state index contributed by atoms with van der Waals surface area (Å²) in [6.07, 6.45) is 7.34. The van der Waals surface area contributed by atoms with E-state index in [1.165, 1.54) is 35.7 Å². The van der Waals surface area contributed by atoms with E-state index in [0.29, 0.717) is 6.04 Å². The Morgan fingerprint density at radius 3 is 2.91 bits per heavy atom. The van der Waals surface area contributed by atoms with Crippen molar-refractivity contribution in [1.82, 2.24) is 9.88 Å². The molecule has 0 radical (unpaired) electrons. The lowest BCUT2D eigenvalue weighted by molar-refractivity contribution is 0.310. The number of benzene rings is 1. The zero-order chi connectivity index (χ0) is 16.4. The largest absolute Gasteiger partial charge is 0.361 e. The first kappa shape index (κ1) is 16.3. The highest BCUT2D eigenvalue weighted by atomic mass is 32.2. The number of nitrogens with one attached hydrogen (secondary N) is 1. The second-order valence-electron chi connectivity index (χ2n) is 6.35. The van der Waals surface area contributed by atoms with Gasteiger partial charge in [-0.3, -0.25) is 0 Å². The van der Waals surface area contributed by atoms with Gasteiger partial charge in [-0.25, -0.2) is 8.42 Å². The van der Waals surface area contributed by atoms with Crippen LogP contribution >= 0.6 is 0 Å².